The summed E-state index contributed by atoms with van der Waals surface area (Å²) in [6, 6.07) is 6.14. The van der Waals surface area contributed by atoms with Crippen LogP contribution in [0.25, 0.3) is 11.0 Å². The molecule has 0 fully saturated rings. The van der Waals surface area contributed by atoms with Gasteiger partial charge in [0.25, 0.3) is 5.91 Å². The van der Waals surface area contributed by atoms with Crippen molar-refractivity contribution in [2.75, 3.05) is 12.4 Å². The summed E-state index contributed by atoms with van der Waals surface area (Å²) in [7, 11) is 1.27. The molecule has 8 nitrogen and oxygen atoms in total. The smallest absolute Gasteiger partial charge is 0.337 e. The lowest BCUT2D eigenvalue weighted by atomic mass is 10.1. The van der Waals surface area contributed by atoms with Crippen molar-refractivity contribution in [2.45, 2.75) is 0 Å². The number of nitrogens with one attached hydrogen (secondary N) is 2. The summed E-state index contributed by atoms with van der Waals surface area (Å²) < 4.78 is 4.63. The Morgan fingerprint density at radius 3 is 2.79 bits per heavy atom. The average molecular weight is 324 g/mol. The number of benzene rings is 1. The number of anilines is 1. The molecule has 3 aromatic rings. The zero-order chi connectivity index (χ0) is 17.1. The summed E-state index contributed by atoms with van der Waals surface area (Å²) in [6.45, 7) is 0. The number of aromatic amines is 1. The van der Waals surface area contributed by atoms with Crippen LogP contribution in [0.1, 0.15) is 31.2 Å². The predicted octanol–water partition coefficient (Wildman–Crippen LogP) is 1.81. The van der Waals surface area contributed by atoms with E-state index in [1.54, 1.807) is 18.2 Å². The minimum absolute atomic E-state index is 0.202. The van der Waals surface area contributed by atoms with E-state index in [4.69, 9.17) is 0 Å². The second-order valence-corrected chi connectivity index (χ2v) is 4.83. The summed E-state index contributed by atoms with van der Waals surface area (Å²) in [5, 5.41) is 2.69. The highest BCUT2D eigenvalue weighted by Gasteiger charge is 2.14. The van der Waals surface area contributed by atoms with Gasteiger partial charge in [0.05, 0.1) is 23.9 Å². The van der Waals surface area contributed by atoms with Crippen LogP contribution in [-0.4, -0.2) is 40.2 Å². The Labute approximate surface area is 135 Å². The van der Waals surface area contributed by atoms with E-state index >= 15 is 0 Å². The van der Waals surface area contributed by atoms with Crippen LogP contribution in [0.15, 0.2) is 36.8 Å². The molecule has 1 amide bonds. The zero-order valence-electron chi connectivity index (χ0n) is 12.6. The number of methoxy groups -OCH3 is 1. The SMILES string of the molecule is COC(=O)c1cccc(C(=O)Nc2c[nH]c3c(C=O)ncnc23)c1. The number of aldehydes is 1. The van der Waals surface area contributed by atoms with Gasteiger partial charge >= 0.3 is 5.97 Å². The third kappa shape index (κ3) is 2.72. The third-order valence-electron chi connectivity index (χ3n) is 3.40. The van der Waals surface area contributed by atoms with Crippen LogP contribution in [0.4, 0.5) is 5.69 Å². The van der Waals surface area contributed by atoms with E-state index in [9.17, 15) is 14.4 Å². The number of esters is 1. The maximum absolute atomic E-state index is 12.4. The Hall–Kier alpha value is -3.55. The van der Waals surface area contributed by atoms with Gasteiger partial charge in [-0.3, -0.25) is 9.59 Å². The highest BCUT2D eigenvalue weighted by molar-refractivity contribution is 6.10. The molecule has 0 aliphatic heterocycles. The predicted molar refractivity (Wildman–Crippen MR) is 85.0 cm³/mol. The van der Waals surface area contributed by atoms with Gasteiger partial charge in [-0.25, -0.2) is 14.8 Å². The molecule has 0 saturated carbocycles. The van der Waals surface area contributed by atoms with E-state index in [1.807, 2.05) is 0 Å². The second-order valence-electron chi connectivity index (χ2n) is 4.83. The molecule has 0 aliphatic carbocycles. The van der Waals surface area contributed by atoms with Crippen molar-refractivity contribution in [1.29, 1.82) is 0 Å². The average Bonchev–Trinajstić information content (AvgIpc) is 3.04. The fraction of sp³-hybridized carbons (Fsp3) is 0.0625. The minimum atomic E-state index is -0.528. The number of nitrogens with zero attached hydrogens (tertiary/aromatic N) is 2. The molecule has 2 heterocycles. The molecule has 2 N–H and O–H groups in total. The first-order valence-electron chi connectivity index (χ1n) is 6.91. The lowest BCUT2D eigenvalue weighted by Gasteiger charge is -2.05. The van der Waals surface area contributed by atoms with E-state index in [0.29, 0.717) is 23.0 Å². The Morgan fingerprint density at radius 2 is 2.04 bits per heavy atom. The highest BCUT2D eigenvalue weighted by Crippen LogP contribution is 2.22. The van der Waals surface area contributed by atoms with Crippen LogP contribution in [-0.2, 0) is 4.74 Å². The van der Waals surface area contributed by atoms with Gasteiger partial charge in [-0.05, 0) is 18.2 Å². The third-order valence-corrected chi connectivity index (χ3v) is 3.40. The van der Waals surface area contributed by atoms with Crippen LogP contribution in [0.2, 0.25) is 0 Å². The summed E-state index contributed by atoms with van der Waals surface area (Å²) >= 11 is 0. The Bertz CT molecular complexity index is 948. The number of fused-ring (bicyclic) bond motifs is 1. The number of amides is 1. The molecule has 0 radical (unpaired) electrons. The Kier molecular flexibility index (Phi) is 4.02. The minimum Gasteiger partial charge on any atom is -0.465 e. The first-order valence-corrected chi connectivity index (χ1v) is 6.91. The highest BCUT2D eigenvalue weighted by atomic mass is 16.5. The number of hydrogen-bond acceptors (Lipinski definition) is 6. The maximum Gasteiger partial charge on any atom is 0.337 e. The molecule has 120 valence electrons. The molecule has 8 heteroatoms. The molecular weight excluding hydrogens is 312 g/mol. The van der Waals surface area contributed by atoms with Crippen LogP contribution < -0.4 is 5.32 Å². The lowest BCUT2D eigenvalue weighted by Crippen LogP contribution is -2.13. The molecular formula is C16H12N4O4. The van der Waals surface area contributed by atoms with Gasteiger partial charge in [-0.15, -0.1) is 0 Å². The van der Waals surface area contributed by atoms with Gasteiger partial charge in [0.15, 0.2) is 6.29 Å². The maximum atomic E-state index is 12.4. The van der Waals surface area contributed by atoms with E-state index in [0.717, 1.165) is 0 Å². The summed E-state index contributed by atoms with van der Waals surface area (Å²) in [5.41, 5.74) is 2.03. The van der Waals surface area contributed by atoms with Gasteiger partial charge in [0.1, 0.15) is 17.5 Å². The van der Waals surface area contributed by atoms with Gasteiger partial charge in [-0.2, -0.15) is 0 Å². The second kappa shape index (κ2) is 6.29. The van der Waals surface area contributed by atoms with Crippen LogP contribution in [0, 0.1) is 0 Å². The van der Waals surface area contributed by atoms with E-state index < -0.39 is 11.9 Å². The molecule has 0 aliphatic rings. The largest absolute Gasteiger partial charge is 0.465 e. The molecule has 0 bridgehead atoms. The van der Waals surface area contributed by atoms with Gasteiger partial charge in [-0.1, -0.05) is 6.07 Å². The van der Waals surface area contributed by atoms with E-state index in [1.165, 1.54) is 25.7 Å². The van der Waals surface area contributed by atoms with Crippen molar-refractivity contribution >= 4 is 34.9 Å². The van der Waals surface area contributed by atoms with Crippen molar-refractivity contribution in [2.24, 2.45) is 0 Å². The Balaban J connectivity index is 1.90. The van der Waals surface area contributed by atoms with Crippen LogP contribution >= 0.6 is 0 Å². The lowest BCUT2D eigenvalue weighted by molar-refractivity contribution is 0.0600. The monoisotopic (exact) mass is 324 g/mol. The van der Waals surface area contributed by atoms with Gasteiger partial charge < -0.3 is 15.0 Å². The Morgan fingerprint density at radius 1 is 1.25 bits per heavy atom. The number of carbonyl (C=O) groups excluding carboxylic acids is 3. The standard InChI is InChI=1S/C16H12N4O4/c1-24-16(23)10-4-2-3-9(5-10)15(22)20-11-6-17-14-12(7-21)18-8-19-13(11)14/h2-8,17H,1H3,(H,20,22). The van der Waals surface area contributed by atoms with Crippen molar-refractivity contribution in [1.82, 2.24) is 15.0 Å². The zero-order valence-corrected chi connectivity index (χ0v) is 12.6. The van der Waals surface area contributed by atoms with Gasteiger partial charge in [0, 0.05) is 11.8 Å². The van der Waals surface area contributed by atoms with Gasteiger partial charge in [0.2, 0.25) is 0 Å². The van der Waals surface area contributed by atoms with Crippen molar-refractivity contribution in [3.63, 3.8) is 0 Å². The van der Waals surface area contributed by atoms with Crippen LogP contribution in [0.3, 0.4) is 0 Å². The topological polar surface area (TPSA) is 114 Å². The first-order chi connectivity index (χ1) is 11.6. The normalized spacial score (nSPS) is 10.4. The number of aromatic nitrogens is 3. The first kappa shape index (κ1) is 15.3. The summed E-state index contributed by atoms with van der Waals surface area (Å²) in [4.78, 5) is 45.7. The number of H-pyrrole nitrogens is 1. The van der Waals surface area contributed by atoms with Crippen molar-refractivity contribution in [3.8, 4) is 0 Å². The number of ether oxygens (including phenoxy) is 1. The molecule has 24 heavy (non-hydrogen) atoms. The fourth-order valence-electron chi connectivity index (χ4n) is 2.24. The number of hydrogen-bond donors (Lipinski definition) is 2. The number of carbonyl (C=O) groups is 3. The number of rotatable bonds is 4. The molecule has 0 atom stereocenters. The quantitative estimate of drug-likeness (QED) is 0.559. The molecule has 0 unspecified atom stereocenters. The molecule has 1 aromatic carbocycles. The molecule has 0 spiro atoms. The van der Waals surface area contributed by atoms with Crippen LogP contribution in [0.5, 0.6) is 0 Å². The molecule has 3 rings (SSSR count). The summed E-state index contributed by atoms with van der Waals surface area (Å²) in [5.74, 6) is -0.951. The van der Waals surface area contributed by atoms with Crippen molar-refractivity contribution < 1.29 is 19.1 Å². The molecule has 0 saturated heterocycles. The van der Waals surface area contributed by atoms with E-state index in [2.05, 4.69) is 25.0 Å². The fourth-order valence-corrected chi connectivity index (χ4v) is 2.24. The van der Waals surface area contributed by atoms with Crippen molar-refractivity contribution in [3.05, 3.63) is 53.6 Å². The summed E-state index contributed by atoms with van der Waals surface area (Å²) in [6.07, 6.45) is 3.37. The van der Waals surface area contributed by atoms with E-state index in [-0.39, 0.29) is 16.8 Å². The molecule has 2 aromatic heterocycles.